The maximum atomic E-state index is 13.4. The van der Waals surface area contributed by atoms with Crippen molar-refractivity contribution in [2.45, 2.75) is 51.6 Å². The highest BCUT2D eigenvalue weighted by atomic mass is 32.2. The fourth-order valence-electron chi connectivity index (χ4n) is 4.35. The molecule has 1 N–H and O–H groups in total. The Morgan fingerprint density at radius 2 is 1.79 bits per heavy atom. The van der Waals surface area contributed by atoms with Crippen LogP contribution in [-0.4, -0.2) is 78.9 Å². The maximum absolute atomic E-state index is 13.4. The molecule has 0 fully saturated rings. The molecule has 0 aliphatic heterocycles. The second kappa shape index (κ2) is 14.7. The van der Waals surface area contributed by atoms with E-state index in [4.69, 9.17) is 9.15 Å². The Bertz CT molecular complexity index is 1480. The fourth-order valence-corrected chi connectivity index (χ4v) is 6.32. The first-order chi connectivity index (χ1) is 19.8. The number of carbonyl (C=O) groups excluding carboxylic acids is 2. The molecule has 0 saturated carbocycles. The lowest BCUT2D eigenvalue weighted by molar-refractivity contribution is 0.0782. The maximum Gasteiger partial charge on any atom is 0.255 e. The molecule has 2 atom stereocenters. The third kappa shape index (κ3) is 8.59. The number of rotatable bonds is 14. The van der Waals surface area contributed by atoms with Crippen molar-refractivity contribution in [1.82, 2.24) is 24.5 Å². The van der Waals surface area contributed by atoms with Crippen LogP contribution < -0.4 is 10.1 Å². The fraction of sp³-hybridized carbons (Fsp3) is 0.448. The molecule has 0 saturated heterocycles. The largest absolute Gasteiger partial charge is 0.497 e. The first-order valence-electron chi connectivity index (χ1n) is 13.6. The highest BCUT2D eigenvalue weighted by Crippen LogP contribution is 2.21. The highest BCUT2D eigenvalue weighted by Gasteiger charge is 2.26. The molecule has 2 heterocycles. The molecule has 0 aliphatic carbocycles. The lowest BCUT2D eigenvalue weighted by atomic mass is 10.1. The zero-order valence-corrected chi connectivity index (χ0v) is 26.9. The van der Waals surface area contributed by atoms with Crippen LogP contribution in [0.2, 0.25) is 0 Å². The van der Waals surface area contributed by atoms with Gasteiger partial charge < -0.3 is 19.4 Å². The van der Waals surface area contributed by atoms with Crippen LogP contribution in [0.1, 0.15) is 58.3 Å². The van der Waals surface area contributed by atoms with E-state index in [9.17, 15) is 18.0 Å². The van der Waals surface area contributed by atoms with Gasteiger partial charge in [0, 0.05) is 45.5 Å². The molecule has 42 heavy (non-hydrogen) atoms. The van der Waals surface area contributed by atoms with Gasteiger partial charge in [-0.25, -0.2) is 13.4 Å². The molecular weight excluding hydrogens is 577 g/mol. The highest BCUT2D eigenvalue weighted by molar-refractivity contribution is 7.89. The van der Waals surface area contributed by atoms with Gasteiger partial charge in [0.05, 0.1) is 29.7 Å². The van der Waals surface area contributed by atoms with Crippen LogP contribution >= 0.6 is 9.24 Å². The number of amides is 2. The van der Waals surface area contributed by atoms with E-state index in [1.165, 1.54) is 46.9 Å². The van der Waals surface area contributed by atoms with Gasteiger partial charge in [-0.05, 0) is 55.8 Å². The van der Waals surface area contributed by atoms with E-state index in [2.05, 4.69) is 24.5 Å². The van der Waals surface area contributed by atoms with Crippen molar-refractivity contribution in [2.75, 3.05) is 33.4 Å². The van der Waals surface area contributed by atoms with Crippen LogP contribution in [0.3, 0.4) is 0 Å². The average Bonchev–Trinajstić information content (AvgIpc) is 3.29. The summed E-state index contributed by atoms with van der Waals surface area (Å²) in [7, 11) is 2.01. The topological polar surface area (TPSA) is 135 Å². The van der Waals surface area contributed by atoms with Crippen molar-refractivity contribution in [3.8, 4) is 5.75 Å². The monoisotopic (exact) mass is 617 g/mol. The minimum absolute atomic E-state index is 0.101. The van der Waals surface area contributed by atoms with Gasteiger partial charge >= 0.3 is 0 Å². The van der Waals surface area contributed by atoms with Crippen LogP contribution in [0.25, 0.3) is 0 Å². The van der Waals surface area contributed by atoms with Gasteiger partial charge in [0.25, 0.3) is 11.8 Å². The number of pyridine rings is 1. The minimum Gasteiger partial charge on any atom is -0.497 e. The van der Waals surface area contributed by atoms with Crippen LogP contribution in [-0.2, 0) is 16.6 Å². The van der Waals surface area contributed by atoms with E-state index in [0.717, 1.165) is 0 Å². The molecule has 1 aromatic carbocycles. The Labute approximate surface area is 250 Å². The van der Waals surface area contributed by atoms with Gasteiger partial charge in [0.15, 0.2) is 5.89 Å². The average molecular weight is 618 g/mol. The molecule has 2 unspecified atom stereocenters. The number of benzene rings is 1. The standard InChI is InChI=1S/C29H40N5O6PS/c1-19(2)16-34(42(37,38)26-9-7-25(39-6)8-10-26)12-11-24(18-41)32-28(35)22-13-23(15-30-14-22)29(36)33(5)17-27-20(3)40-21(4)31-27/h7-10,13-15,19,24H,11-12,16-18,41H2,1-6H3,(H,32,35). The molecule has 0 bridgehead atoms. The first-order valence-corrected chi connectivity index (χ1v) is 15.9. The van der Waals surface area contributed by atoms with Crippen LogP contribution in [0.4, 0.5) is 0 Å². The second-order valence-corrected chi connectivity index (χ2v) is 12.9. The lowest BCUT2D eigenvalue weighted by Gasteiger charge is -2.26. The quantitative estimate of drug-likeness (QED) is 0.271. The summed E-state index contributed by atoms with van der Waals surface area (Å²) < 4.78 is 38.9. The molecule has 0 aliphatic rings. The zero-order valence-electron chi connectivity index (χ0n) is 25.0. The van der Waals surface area contributed by atoms with Gasteiger partial charge in [0.1, 0.15) is 17.2 Å². The summed E-state index contributed by atoms with van der Waals surface area (Å²) in [6.07, 6.45) is 3.71. The van der Waals surface area contributed by atoms with Crippen LogP contribution in [0.15, 0.2) is 52.0 Å². The summed E-state index contributed by atoms with van der Waals surface area (Å²) in [4.78, 5) is 36.3. The number of nitrogens with one attached hydrogen (secondary N) is 1. The molecule has 2 aromatic heterocycles. The van der Waals surface area contributed by atoms with E-state index in [1.54, 1.807) is 33.0 Å². The molecule has 3 rings (SSSR count). The molecule has 2 amide bonds. The molecule has 13 heteroatoms. The minimum atomic E-state index is -3.76. The van der Waals surface area contributed by atoms with Crippen molar-refractivity contribution in [1.29, 1.82) is 0 Å². The number of nitrogens with zero attached hydrogens (tertiary/aromatic N) is 4. The van der Waals surface area contributed by atoms with Crippen molar-refractivity contribution in [2.24, 2.45) is 5.92 Å². The predicted octanol–water partition coefficient (Wildman–Crippen LogP) is 3.68. The van der Waals surface area contributed by atoms with E-state index in [0.29, 0.717) is 42.2 Å². The number of aromatic nitrogens is 2. The van der Waals surface area contributed by atoms with Gasteiger partial charge in [0.2, 0.25) is 10.0 Å². The van der Waals surface area contributed by atoms with Gasteiger partial charge in [-0.2, -0.15) is 4.31 Å². The molecule has 3 aromatic rings. The number of oxazole rings is 1. The van der Waals surface area contributed by atoms with Crippen molar-refractivity contribution in [3.63, 3.8) is 0 Å². The SMILES string of the molecule is COc1ccc(S(=O)(=O)N(CCC(CP)NC(=O)c2cncc(C(=O)N(C)Cc3nc(C)oc3C)c2)CC(C)C)cc1. The van der Waals surface area contributed by atoms with Crippen LogP contribution in [0, 0.1) is 19.8 Å². The molecule has 11 nitrogen and oxygen atoms in total. The van der Waals surface area contributed by atoms with E-state index in [-0.39, 0.29) is 47.0 Å². The Hall–Kier alpha value is -3.34. The number of sulfonamides is 1. The van der Waals surface area contributed by atoms with Crippen molar-refractivity contribution >= 4 is 31.1 Å². The van der Waals surface area contributed by atoms with E-state index >= 15 is 0 Å². The van der Waals surface area contributed by atoms with Gasteiger partial charge in [-0.1, -0.05) is 13.8 Å². The summed E-state index contributed by atoms with van der Waals surface area (Å²) in [5, 5.41) is 2.96. The summed E-state index contributed by atoms with van der Waals surface area (Å²) in [6.45, 7) is 8.25. The van der Waals surface area contributed by atoms with E-state index in [1.807, 2.05) is 13.8 Å². The second-order valence-electron chi connectivity index (χ2n) is 10.5. The zero-order chi connectivity index (χ0) is 31.0. The molecule has 0 radical (unpaired) electrons. The molecule has 0 spiro atoms. The predicted molar refractivity (Wildman–Crippen MR) is 163 cm³/mol. The summed E-state index contributed by atoms with van der Waals surface area (Å²) in [5.74, 6) is 1.13. The Morgan fingerprint density at radius 3 is 2.36 bits per heavy atom. The van der Waals surface area contributed by atoms with Crippen molar-refractivity contribution in [3.05, 3.63) is 71.2 Å². The first kappa shape index (κ1) is 33.2. The van der Waals surface area contributed by atoms with Crippen molar-refractivity contribution < 1.29 is 27.2 Å². The number of ether oxygens (including phenoxy) is 1. The van der Waals surface area contributed by atoms with Crippen LogP contribution in [0.5, 0.6) is 5.75 Å². The van der Waals surface area contributed by atoms with Gasteiger partial charge in [-0.15, -0.1) is 9.24 Å². The lowest BCUT2D eigenvalue weighted by Crippen LogP contribution is -2.41. The summed E-state index contributed by atoms with van der Waals surface area (Å²) in [5.41, 5.74) is 1.16. The smallest absolute Gasteiger partial charge is 0.255 e. The Morgan fingerprint density at radius 1 is 1.12 bits per heavy atom. The number of hydrogen-bond acceptors (Lipinski definition) is 8. The number of hydrogen-bond donors (Lipinski definition) is 1. The number of methoxy groups -OCH3 is 1. The molecule has 228 valence electrons. The number of carbonyl (C=O) groups is 2. The summed E-state index contributed by atoms with van der Waals surface area (Å²) in [6, 6.07) is 7.47. The Kier molecular flexibility index (Phi) is 11.6. The third-order valence-electron chi connectivity index (χ3n) is 6.59. The third-order valence-corrected chi connectivity index (χ3v) is 9.04. The van der Waals surface area contributed by atoms with E-state index < -0.39 is 15.9 Å². The Balaban J connectivity index is 1.68. The normalized spacial score (nSPS) is 12.4. The molecular formula is C29H40N5O6PS. The van der Waals surface area contributed by atoms with Gasteiger partial charge in [-0.3, -0.25) is 14.6 Å². The number of aryl methyl sites for hydroxylation is 2. The summed E-state index contributed by atoms with van der Waals surface area (Å²) >= 11 is 0.